The van der Waals surface area contributed by atoms with Crippen molar-refractivity contribution in [3.05, 3.63) is 35.9 Å². The number of Topliss-reactive ketones (excluding diaryl/α,β-unsaturated/α-hetero) is 1. The minimum absolute atomic E-state index is 0.650. The molecule has 1 aromatic carbocycles. The van der Waals surface area contributed by atoms with E-state index >= 15 is 0 Å². The fourth-order valence-electron chi connectivity index (χ4n) is 2.76. The first-order chi connectivity index (χ1) is 8.17. The topological polar surface area (TPSA) is 54.4 Å². The monoisotopic (exact) mass is 232 g/mol. The van der Waals surface area contributed by atoms with Crippen molar-refractivity contribution >= 4 is 11.8 Å². The fraction of sp³-hybridized carbons (Fsp3) is 0.429. The van der Waals surface area contributed by atoms with Gasteiger partial charge in [0.15, 0.2) is 0 Å². The second-order valence-corrected chi connectivity index (χ2v) is 4.64. The van der Waals surface area contributed by atoms with Crippen LogP contribution in [-0.2, 0) is 15.0 Å². The minimum Gasteiger partial charge on any atom is -0.475 e. The standard InChI is InChI=1S/C14H16O3/c15-12(13(16)17)14(9-5-2-6-10-14)11-7-3-1-4-8-11/h1,3-4,7-8H,2,5-6,9-10H2,(H,16,17). The molecular formula is C14H16O3. The molecular weight excluding hydrogens is 216 g/mol. The molecule has 0 unspecified atom stereocenters. The molecule has 0 atom stereocenters. The molecule has 2 rings (SSSR count). The van der Waals surface area contributed by atoms with Gasteiger partial charge in [0, 0.05) is 0 Å². The second kappa shape index (κ2) is 4.70. The number of aliphatic carboxylic acids is 1. The van der Waals surface area contributed by atoms with Crippen molar-refractivity contribution in [2.45, 2.75) is 37.5 Å². The highest BCUT2D eigenvalue weighted by molar-refractivity contribution is 6.36. The molecule has 90 valence electrons. The average Bonchev–Trinajstić information content (AvgIpc) is 2.39. The van der Waals surface area contributed by atoms with E-state index in [0.29, 0.717) is 12.8 Å². The lowest BCUT2D eigenvalue weighted by atomic mass is 9.67. The van der Waals surface area contributed by atoms with Crippen molar-refractivity contribution < 1.29 is 14.7 Å². The van der Waals surface area contributed by atoms with E-state index < -0.39 is 17.2 Å². The smallest absolute Gasteiger partial charge is 0.373 e. The summed E-state index contributed by atoms with van der Waals surface area (Å²) in [5.74, 6) is -1.96. The number of carboxylic acid groups (broad SMARTS) is 1. The van der Waals surface area contributed by atoms with Crippen LogP contribution in [0.1, 0.15) is 37.7 Å². The van der Waals surface area contributed by atoms with Crippen molar-refractivity contribution in [2.24, 2.45) is 0 Å². The summed E-state index contributed by atoms with van der Waals surface area (Å²) in [6, 6.07) is 9.34. The molecule has 1 aliphatic rings. The molecule has 17 heavy (non-hydrogen) atoms. The molecule has 0 radical (unpaired) electrons. The molecule has 1 aliphatic carbocycles. The van der Waals surface area contributed by atoms with Gasteiger partial charge in [0.2, 0.25) is 5.78 Å². The van der Waals surface area contributed by atoms with Crippen LogP contribution in [0.5, 0.6) is 0 Å². The number of hydrogen-bond donors (Lipinski definition) is 1. The Hall–Kier alpha value is -1.64. The normalized spacial score (nSPS) is 18.6. The maximum atomic E-state index is 12.0. The number of hydrogen-bond acceptors (Lipinski definition) is 2. The summed E-state index contributed by atoms with van der Waals surface area (Å²) in [6.07, 6.45) is 4.24. The van der Waals surface area contributed by atoms with Gasteiger partial charge in [-0.2, -0.15) is 0 Å². The van der Waals surface area contributed by atoms with Crippen LogP contribution in [0, 0.1) is 0 Å². The van der Waals surface area contributed by atoms with Crippen LogP contribution in [0.3, 0.4) is 0 Å². The molecule has 1 aromatic rings. The Bertz CT molecular complexity index is 416. The zero-order chi connectivity index (χ0) is 12.3. The van der Waals surface area contributed by atoms with Gasteiger partial charge >= 0.3 is 5.97 Å². The first-order valence-corrected chi connectivity index (χ1v) is 6.00. The first kappa shape index (κ1) is 11.8. The van der Waals surface area contributed by atoms with Gasteiger partial charge in [0.25, 0.3) is 0 Å². The van der Waals surface area contributed by atoms with E-state index in [0.717, 1.165) is 24.8 Å². The number of ketones is 1. The Morgan fingerprint density at radius 3 is 2.12 bits per heavy atom. The average molecular weight is 232 g/mol. The summed E-state index contributed by atoms with van der Waals surface area (Å²) in [7, 11) is 0. The Kier molecular flexibility index (Phi) is 3.27. The van der Waals surface area contributed by atoms with Gasteiger partial charge in [-0.15, -0.1) is 0 Å². The highest BCUT2D eigenvalue weighted by Crippen LogP contribution is 2.40. The summed E-state index contributed by atoms with van der Waals surface area (Å²) < 4.78 is 0. The third-order valence-electron chi connectivity index (χ3n) is 3.66. The SMILES string of the molecule is O=C(O)C(=O)C1(c2ccccc2)CCCCC1. The first-order valence-electron chi connectivity index (χ1n) is 6.00. The lowest BCUT2D eigenvalue weighted by molar-refractivity contribution is -0.152. The Balaban J connectivity index is 2.43. The van der Waals surface area contributed by atoms with Crippen LogP contribution < -0.4 is 0 Å². The molecule has 0 bridgehead atoms. The second-order valence-electron chi connectivity index (χ2n) is 4.64. The Morgan fingerprint density at radius 2 is 1.59 bits per heavy atom. The van der Waals surface area contributed by atoms with Gasteiger partial charge in [0.1, 0.15) is 0 Å². The van der Waals surface area contributed by atoms with Gasteiger partial charge in [-0.1, -0.05) is 49.6 Å². The molecule has 0 saturated heterocycles. The molecule has 1 fully saturated rings. The number of benzene rings is 1. The Morgan fingerprint density at radius 1 is 1.00 bits per heavy atom. The van der Waals surface area contributed by atoms with Gasteiger partial charge in [-0.25, -0.2) is 4.79 Å². The zero-order valence-electron chi connectivity index (χ0n) is 9.69. The van der Waals surface area contributed by atoms with Crippen LogP contribution >= 0.6 is 0 Å². The molecule has 0 spiro atoms. The maximum Gasteiger partial charge on any atom is 0.373 e. The number of carbonyl (C=O) groups excluding carboxylic acids is 1. The number of carbonyl (C=O) groups is 2. The van der Waals surface area contributed by atoms with Crippen molar-refractivity contribution in [3.63, 3.8) is 0 Å². The van der Waals surface area contributed by atoms with Gasteiger partial charge in [-0.05, 0) is 18.4 Å². The molecule has 0 aliphatic heterocycles. The number of carboxylic acids is 1. The largest absolute Gasteiger partial charge is 0.475 e. The quantitative estimate of drug-likeness (QED) is 0.815. The molecule has 1 N–H and O–H groups in total. The summed E-state index contributed by atoms with van der Waals surface area (Å²) in [4.78, 5) is 23.0. The molecule has 0 heterocycles. The highest BCUT2D eigenvalue weighted by atomic mass is 16.4. The van der Waals surface area contributed by atoms with E-state index in [1.165, 1.54) is 0 Å². The van der Waals surface area contributed by atoms with Gasteiger partial charge < -0.3 is 5.11 Å². The molecule has 3 heteroatoms. The van der Waals surface area contributed by atoms with Crippen molar-refractivity contribution in [2.75, 3.05) is 0 Å². The lowest BCUT2D eigenvalue weighted by Crippen LogP contribution is -2.42. The lowest BCUT2D eigenvalue weighted by Gasteiger charge is -2.34. The summed E-state index contributed by atoms with van der Waals surface area (Å²) in [5, 5.41) is 9.01. The van der Waals surface area contributed by atoms with Crippen molar-refractivity contribution in [1.29, 1.82) is 0 Å². The number of rotatable bonds is 3. The maximum absolute atomic E-state index is 12.0. The van der Waals surface area contributed by atoms with Crippen LogP contribution in [0.2, 0.25) is 0 Å². The third-order valence-corrected chi connectivity index (χ3v) is 3.66. The predicted molar refractivity (Wildman–Crippen MR) is 63.8 cm³/mol. The van der Waals surface area contributed by atoms with E-state index in [1.807, 2.05) is 30.3 Å². The molecule has 0 amide bonds. The van der Waals surface area contributed by atoms with Gasteiger partial charge in [0.05, 0.1) is 5.41 Å². The van der Waals surface area contributed by atoms with E-state index in [2.05, 4.69) is 0 Å². The van der Waals surface area contributed by atoms with Crippen LogP contribution in [0.25, 0.3) is 0 Å². The summed E-state index contributed by atoms with van der Waals surface area (Å²) >= 11 is 0. The van der Waals surface area contributed by atoms with Crippen LogP contribution in [0.15, 0.2) is 30.3 Å². The summed E-state index contributed by atoms with van der Waals surface area (Å²) in [6.45, 7) is 0. The Labute approximate surface area is 100 Å². The van der Waals surface area contributed by atoms with Crippen LogP contribution in [-0.4, -0.2) is 16.9 Å². The van der Waals surface area contributed by atoms with Gasteiger partial charge in [-0.3, -0.25) is 4.79 Å². The summed E-state index contributed by atoms with van der Waals surface area (Å²) in [5.41, 5.74) is 0.0674. The fourth-order valence-corrected chi connectivity index (χ4v) is 2.76. The highest BCUT2D eigenvalue weighted by Gasteiger charge is 2.44. The predicted octanol–water partition coefficient (Wildman–Crippen LogP) is 2.54. The minimum atomic E-state index is -1.31. The van der Waals surface area contributed by atoms with E-state index in [4.69, 9.17) is 5.11 Å². The van der Waals surface area contributed by atoms with Crippen molar-refractivity contribution in [3.8, 4) is 0 Å². The molecule has 1 saturated carbocycles. The van der Waals surface area contributed by atoms with E-state index in [-0.39, 0.29) is 0 Å². The van der Waals surface area contributed by atoms with Crippen molar-refractivity contribution in [1.82, 2.24) is 0 Å². The van der Waals surface area contributed by atoms with E-state index in [9.17, 15) is 9.59 Å². The van der Waals surface area contributed by atoms with E-state index in [1.54, 1.807) is 0 Å². The zero-order valence-corrected chi connectivity index (χ0v) is 9.69. The molecule has 0 aromatic heterocycles. The third kappa shape index (κ3) is 2.09. The van der Waals surface area contributed by atoms with Crippen LogP contribution in [0.4, 0.5) is 0 Å². The molecule has 3 nitrogen and oxygen atoms in total.